The van der Waals surface area contributed by atoms with E-state index in [0.717, 1.165) is 17.3 Å². The van der Waals surface area contributed by atoms with Crippen molar-refractivity contribution in [3.63, 3.8) is 0 Å². The standard InChI is InChI=1S/C26H24ClF2N5O3/c1-13-6-7-16(22-14(2)10-31-25(33-22)26(4,5)36)8-20(13)34-15(3)32-23(21(27)24(34)35)37-12-19-18(29)9-17(28)11-30-19/h6-11,36H,12H2,1-5H3. The lowest BCUT2D eigenvalue weighted by atomic mass is 10.0. The molecule has 3 aromatic heterocycles. The predicted molar refractivity (Wildman–Crippen MR) is 134 cm³/mol. The van der Waals surface area contributed by atoms with Gasteiger partial charge in [0.2, 0.25) is 5.88 Å². The summed E-state index contributed by atoms with van der Waals surface area (Å²) in [7, 11) is 0. The van der Waals surface area contributed by atoms with E-state index in [4.69, 9.17) is 16.3 Å². The molecule has 4 aromatic rings. The van der Waals surface area contributed by atoms with Crippen LogP contribution < -0.4 is 10.3 Å². The zero-order chi connectivity index (χ0) is 27.1. The van der Waals surface area contributed by atoms with Crippen LogP contribution in [0.5, 0.6) is 5.88 Å². The molecule has 0 aliphatic carbocycles. The lowest BCUT2D eigenvalue weighted by Crippen LogP contribution is -2.24. The Morgan fingerprint density at radius 1 is 1.05 bits per heavy atom. The normalized spacial score (nSPS) is 11.6. The maximum Gasteiger partial charge on any atom is 0.280 e. The first-order valence-electron chi connectivity index (χ1n) is 11.3. The zero-order valence-electron chi connectivity index (χ0n) is 20.8. The molecule has 0 saturated carbocycles. The van der Waals surface area contributed by atoms with E-state index < -0.39 is 29.4 Å². The van der Waals surface area contributed by atoms with Gasteiger partial charge in [0.25, 0.3) is 5.56 Å². The summed E-state index contributed by atoms with van der Waals surface area (Å²) in [4.78, 5) is 30.0. The van der Waals surface area contributed by atoms with Crippen molar-refractivity contribution >= 4 is 11.6 Å². The fraction of sp³-hybridized carbons (Fsp3) is 0.269. The molecule has 192 valence electrons. The van der Waals surface area contributed by atoms with E-state index in [0.29, 0.717) is 23.0 Å². The van der Waals surface area contributed by atoms with Crippen molar-refractivity contribution in [2.75, 3.05) is 0 Å². The molecule has 0 spiro atoms. The first-order chi connectivity index (χ1) is 17.4. The molecule has 3 heterocycles. The average Bonchev–Trinajstić information content (AvgIpc) is 2.82. The largest absolute Gasteiger partial charge is 0.470 e. The van der Waals surface area contributed by atoms with Gasteiger partial charge in [0, 0.05) is 17.8 Å². The molecule has 37 heavy (non-hydrogen) atoms. The highest BCUT2D eigenvalue weighted by molar-refractivity contribution is 6.31. The summed E-state index contributed by atoms with van der Waals surface area (Å²) in [5.74, 6) is -1.36. The van der Waals surface area contributed by atoms with E-state index in [1.165, 1.54) is 4.57 Å². The predicted octanol–water partition coefficient (Wildman–Crippen LogP) is 4.75. The molecule has 0 fully saturated rings. The number of nitrogens with zero attached hydrogens (tertiary/aromatic N) is 5. The molecule has 0 radical (unpaired) electrons. The summed E-state index contributed by atoms with van der Waals surface area (Å²) in [6, 6.07) is 6.16. The van der Waals surface area contributed by atoms with Crippen LogP contribution in [0.1, 0.15) is 42.3 Å². The first-order valence-corrected chi connectivity index (χ1v) is 11.6. The van der Waals surface area contributed by atoms with Crippen molar-refractivity contribution in [3.8, 4) is 22.8 Å². The molecular formula is C26H24ClF2N5O3. The number of aliphatic hydroxyl groups is 1. The van der Waals surface area contributed by atoms with Crippen LogP contribution in [-0.4, -0.2) is 29.6 Å². The third-order valence-electron chi connectivity index (χ3n) is 5.64. The van der Waals surface area contributed by atoms with Crippen LogP contribution in [0.2, 0.25) is 5.02 Å². The van der Waals surface area contributed by atoms with Gasteiger partial charge in [-0.25, -0.2) is 18.7 Å². The second kappa shape index (κ2) is 9.95. The van der Waals surface area contributed by atoms with E-state index in [1.54, 1.807) is 33.0 Å². The molecule has 0 aliphatic rings. The van der Waals surface area contributed by atoms with Gasteiger partial charge in [-0.1, -0.05) is 23.7 Å². The minimum Gasteiger partial charge on any atom is -0.470 e. The Hall–Kier alpha value is -3.76. The minimum atomic E-state index is -1.23. The Balaban J connectivity index is 1.75. The number of rotatable bonds is 6. The molecule has 1 aromatic carbocycles. The molecule has 11 heteroatoms. The molecular weight excluding hydrogens is 504 g/mol. The van der Waals surface area contributed by atoms with Gasteiger partial charge in [-0.15, -0.1) is 0 Å². The van der Waals surface area contributed by atoms with E-state index >= 15 is 0 Å². The maximum atomic E-state index is 13.9. The number of halogens is 3. The van der Waals surface area contributed by atoms with Gasteiger partial charge in [0.1, 0.15) is 29.5 Å². The summed E-state index contributed by atoms with van der Waals surface area (Å²) in [5, 5.41) is 10.0. The minimum absolute atomic E-state index is 0.157. The molecule has 0 bridgehead atoms. The van der Waals surface area contributed by atoms with Gasteiger partial charge in [-0.05, 0) is 51.8 Å². The number of pyridine rings is 1. The van der Waals surface area contributed by atoms with Crippen LogP contribution in [0, 0.1) is 32.4 Å². The highest BCUT2D eigenvalue weighted by Crippen LogP contribution is 2.29. The van der Waals surface area contributed by atoms with Crippen LogP contribution in [0.15, 0.2) is 41.5 Å². The van der Waals surface area contributed by atoms with Crippen molar-refractivity contribution in [1.29, 1.82) is 0 Å². The fourth-order valence-corrected chi connectivity index (χ4v) is 3.86. The Morgan fingerprint density at radius 2 is 1.78 bits per heavy atom. The SMILES string of the molecule is Cc1ccc(-c2nc(C(C)(C)O)ncc2C)cc1-n1c(C)nc(OCc2ncc(F)cc2F)c(Cl)c1=O. The van der Waals surface area contributed by atoms with Crippen molar-refractivity contribution < 1.29 is 18.6 Å². The molecule has 4 rings (SSSR count). The van der Waals surface area contributed by atoms with Gasteiger partial charge in [0.15, 0.2) is 16.7 Å². The third kappa shape index (κ3) is 5.35. The zero-order valence-corrected chi connectivity index (χ0v) is 21.6. The number of aryl methyl sites for hydroxylation is 3. The number of hydrogen-bond donors (Lipinski definition) is 1. The van der Waals surface area contributed by atoms with Crippen molar-refractivity contribution in [3.05, 3.63) is 92.1 Å². The Kier molecular flexibility index (Phi) is 7.07. The summed E-state index contributed by atoms with van der Waals surface area (Å²) in [6.07, 6.45) is 2.50. The van der Waals surface area contributed by atoms with Gasteiger partial charge in [-0.2, -0.15) is 4.98 Å². The summed E-state index contributed by atoms with van der Waals surface area (Å²) in [6.45, 7) is 8.10. The molecule has 0 amide bonds. The van der Waals surface area contributed by atoms with E-state index in [9.17, 15) is 18.7 Å². The van der Waals surface area contributed by atoms with Gasteiger partial charge in [-0.3, -0.25) is 14.3 Å². The summed E-state index contributed by atoms with van der Waals surface area (Å²) in [5.41, 5.74) is 1.40. The average molecular weight is 528 g/mol. The second-order valence-electron chi connectivity index (χ2n) is 9.07. The lowest BCUT2D eigenvalue weighted by Gasteiger charge is -2.18. The van der Waals surface area contributed by atoms with Crippen molar-refractivity contribution in [1.82, 2.24) is 24.5 Å². The fourth-order valence-electron chi connectivity index (χ4n) is 3.67. The quantitative estimate of drug-likeness (QED) is 0.386. The third-order valence-corrected chi connectivity index (χ3v) is 5.96. The molecule has 0 unspecified atom stereocenters. The number of aromatic nitrogens is 5. The lowest BCUT2D eigenvalue weighted by molar-refractivity contribution is 0.0688. The Labute approximate surface area is 216 Å². The van der Waals surface area contributed by atoms with Crippen LogP contribution in [-0.2, 0) is 12.2 Å². The van der Waals surface area contributed by atoms with E-state index in [-0.39, 0.29) is 28.2 Å². The van der Waals surface area contributed by atoms with E-state index in [2.05, 4.69) is 19.9 Å². The van der Waals surface area contributed by atoms with Crippen LogP contribution in [0.25, 0.3) is 16.9 Å². The van der Waals surface area contributed by atoms with Crippen LogP contribution in [0.4, 0.5) is 8.78 Å². The number of benzene rings is 1. The Morgan fingerprint density at radius 3 is 2.46 bits per heavy atom. The molecule has 0 atom stereocenters. The monoisotopic (exact) mass is 527 g/mol. The van der Waals surface area contributed by atoms with Gasteiger partial charge >= 0.3 is 0 Å². The van der Waals surface area contributed by atoms with Crippen molar-refractivity contribution in [2.24, 2.45) is 0 Å². The molecule has 8 nitrogen and oxygen atoms in total. The smallest absolute Gasteiger partial charge is 0.280 e. The maximum absolute atomic E-state index is 13.9. The van der Waals surface area contributed by atoms with Crippen LogP contribution >= 0.6 is 11.6 Å². The molecule has 0 saturated heterocycles. The van der Waals surface area contributed by atoms with Gasteiger partial charge < -0.3 is 9.84 Å². The number of ether oxygens (including phenoxy) is 1. The topological polar surface area (TPSA) is 103 Å². The first kappa shape index (κ1) is 26.3. The molecule has 1 N–H and O–H groups in total. The second-order valence-corrected chi connectivity index (χ2v) is 9.45. The highest BCUT2D eigenvalue weighted by atomic mass is 35.5. The highest BCUT2D eigenvalue weighted by Gasteiger charge is 2.22. The van der Waals surface area contributed by atoms with Crippen LogP contribution in [0.3, 0.4) is 0 Å². The Bertz CT molecular complexity index is 1570. The summed E-state index contributed by atoms with van der Waals surface area (Å²) >= 11 is 6.31. The van der Waals surface area contributed by atoms with Gasteiger partial charge in [0.05, 0.1) is 17.6 Å². The summed E-state index contributed by atoms with van der Waals surface area (Å²) < 4.78 is 33.8. The van der Waals surface area contributed by atoms with Crippen molar-refractivity contribution in [2.45, 2.75) is 46.8 Å². The van der Waals surface area contributed by atoms with E-state index in [1.807, 2.05) is 26.0 Å². The molecule has 0 aliphatic heterocycles. The number of hydrogen-bond acceptors (Lipinski definition) is 7.